The normalized spacial score (nSPS) is 16.2. The van der Waals surface area contributed by atoms with Crippen molar-refractivity contribution in [2.75, 3.05) is 0 Å². The number of pyridine rings is 1. The summed E-state index contributed by atoms with van der Waals surface area (Å²) in [7, 11) is 0. The molecule has 0 fully saturated rings. The van der Waals surface area contributed by atoms with Crippen molar-refractivity contribution in [2.24, 2.45) is 0 Å². The first-order valence-corrected chi connectivity index (χ1v) is 7.84. The van der Waals surface area contributed by atoms with E-state index in [4.69, 9.17) is 0 Å². The lowest BCUT2D eigenvalue weighted by molar-refractivity contribution is 0.644. The van der Waals surface area contributed by atoms with Crippen molar-refractivity contribution in [2.45, 2.75) is 65.2 Å². The Balaban J connectivity index is 2.32. The van der Waals surface area contributed by atoms with Crippen LogP contribution >= 0.6 is 0 Å². The second-order valence-electron chi connectivity index (χ2n) is 5.51. The second-order valence-corrected chi connectivity index (χ2v) is 5.51. The molecule has 1 aromatic rings. The summed E-state index contributed by atoms with van der Waals surface area (Å²) in [5, 5.41) is 0. The predicted octanol–water partition coefficient (Wildman–Crippen LogP) is 5.58. The highest BCUT2D eigenvalue weighted by Gasteiger charge is 2.21. The van der Waals surface area contributed by atoms with E-state index in [-0.39, 0.29) is 0 Å². The van der Waals surface area contributed by atoms with Crippen LogP contribution in [0, 0.1) is 5.92 Å². The number of rotatable bonds is 6. The molecule has 0 unspecified atom stereocenters. The molecule has 0 saturated carbocycles. The Morgan fingerprint density at radius 2 is 1.84 bits per heavy atom. The number of nitrogens with zero attached hydrogens (tertiary/aromatic N) is 1. The van der Waals surface area contributed by atoms with Gasteiger partial charge in [-0.2, -0.15) is 0 Å². The van der Waals surface area contributed by atoms with Crippen LogP contribution in [-0.2, 0) is 0 Å². The highest BCUT2D eigenvalue weighted by Crippen LogP contribution is 2.40. The second kappa shape index (κ2) is 7.47. The van der Waals surface area contributed by atoms with Gasteiger partial charge in [-0.05, 0) is 55.7 Å². The fourth-order valence-corrected chi connectivity index (χ4v) is 3.19. The van der Waals surface area contributed by atoms with Crippen molar-refractivity contribution >= 4 is 5.57 Å². The Bertz CT molecular complexity index is 399. The number of aromatic nitrogens is 1. The van der Waals surface area contributed by atoms with Crippen LogP contribution in [-0.4, -0.2) is 4.98 Å². The Labute approximate surface area is 118 Å². The largest absolute Gasteiger partial charge is 0.264 e. The highest BCUT2D eigenvalue weighted by molar-refractivity contribution is 5.71. The summed E-state index contributed by atoms with van der Waals surface area (Å²) in [6.07, 6.45) is 14.2. The van der Waals surface area contributed by atoms with Crippen molar-refractivity contribution in [3.8, 4) is 0 Å². The molecule has 0 aliphatic heterocycles. The van der Waals surface area contributed by atoms with Gasteiger partial charge in [-0.1, -0.05) is 38.3 Å². The molecule has 0 amide bonds. The smallest absolute Gasteiger partial charge is 0.0343 e. The van der Waals surface area contributed by atoms with Gasteiger partial charge in [-0.25, -0.2) is 0 Å². The van der Waals surface area contributed by atoms with Crippen LogP contribution in [0.15, 0.2) is 30.1 Å². The van der Waals surface area contributed by atoms with E-state index in [0.29, 0.717) is 0 Å². The SMILES string of the molecule is CCC[C](CCC)C1=C(c2cccnc2)CCCC1. The van der Waals surface area contributed by atoms with Gasteiger partial charge in [0.05, 0.1) is 0 Å². The van der Waals surface area contributed by atoms with Crippen molar-refractivity contribution in [3.63, 3.8) is 0 Å². The maximum absolute atomic E-state index is 4.30. The van der Waals surface area contributed by atoms with E-state index in [0.717, 1.165) is 0 Å². The Kier molecular flexibility index (Phi) is 5.62. The molecule has 0 bridgehead atoms. The summed E-state index contributed by atoms with van der Waals surface area (Å²) < 4.78 is 0. The first-order valence-electron chi connectivity index (χ1n) is 7.84. The number of hydrogen-bond donors (Lipinski definition) is 0. The van der Waals surface area contributed by atoms with E-state index in [2.05, 4.69) is 31.0 Å². The Hall–Kier alpha value is -1.11. The van der Waals surface area contributed by atoms with Crippen LogP contribution in [0.2, 0.25) is 0 Å². The first kappa shape index (κ1) is 14.3. The van der Waals surface area contributed by atoms with Gasteiger partial charge in [-0.15, -0.1) is 0 Å². The molecule has 1 radical (unpaired) electrons. The van der Waals surface area contributed by atoms with Gasteiger partial charge in [0.1, 0.15) is 0 Å². The van der Waals surface area contributed by atoms with Crippen molar-refractivity contribution < 1.29 is 0 Å². The van der Waals surface area contributed by atoms with E-state index in [1.54, 1.807) is 17.1 Å². The lowest BCUT2D eigenvalue weighted by Gasteiger charge is -2.27. The van der Waals surface area contributed by atoms with Crippen LogP contribution in [0.4, 0.5) is 0 Å². The molecule has 2 rings (SSSR count). The molecule has 1 aromatic heterocycles. The fraction of sp³-hybridized carbons (Fsp3) is 0.556. The average Bonchev–Trinajstić information content (AvgIpc) is 2.48. The fourth-order valence-electron chi connectivity index (χ4n) is 3.19. The third kappa shape index (κ3) is 3.68. The quantitative estimate of drug-likeness (QED) is 0.647. The molecular formula is C18H26N. The molecule has 0 N–H and O–H groups in total. The molecule has 19 heavy (non-hydrogen) atoms. The molecule has 1 heteroatoms. The highest BCUT2D eigenvalue weighted by atomic mass is 14.6. The minimum Gasteiger partial charge on any atom is -0.264 e. The summed E-state index contributed by atoms with van der Waals surface area (Å²) in [4.78, 5) is 4.30. The van der Waals surface area contributed by atoms with Gasteiger partial charge >= 0.3 is 0 Å². The zero-order valence-electron chi connectivity index (χ0n) is 12.4. The number of allylic oxidation sites excluding steroid dienone is 2. The number of hydrogen-bond acceptors (Lipinski definition) is 1. The lowest BCUT2D eigenvalue weighted by atomic mass is 9.78. The standard InChI is InChI=1S/C18H26N/c1-3-8-15(9-4-2)17-11-5-6-12-18(17)16-10-7-13-19-14-16/h7,10,13-14H,3-6,8-9,11-12H2,1-2H3. The molecule has 1 aliphatic carbocycles. The van der Waals surface area contributed by atoms with Crippen LogP contribution < -0.4 is 0 Å². The molecular weight excluding hydrogens is 230 g/mol. The summed E-state index contributed by atoms with van der Waals surface area (Å²) in [5.74, 6) is 1.71. The lowest BCUT2D eigenvalue weighted by Crippen LogP contribution is -2.09. The van der Waals surface area contributed by atoms with Gasteiger partial charge < -0.3 is 0 Å². The van der Waals surface area contributed by atoms with E-state index in [9.17, 15) is 0 Å². The minimum atomic E-state index is 1.23. The van der Waals surface area contributed by atoms with Crippen LogP contribution in [0.5, 0.6) is 0 Å². The average molecular weight is 256 g/mol. The van der Waals surface area contributed by atoms with E-state index >= 15 is 0 Å². The van der Waals surface area contributed by atoms with Gasteiger partial charge in [0, 0.05) is 18.3 Å². The van der Waals surface area contributed by atoms with E-state index < -0.39 is 0 Å². The predicted molar refractivity (Wildman–Crippen MR) is 82.7 cm³/mol. The molecule has 1 nitrogen and oxygen atoms in total. The molecule has 0 saturated heterocycles. The van der Waals surface area contributed by atoms with Crippen LogP contribution in [0.25, 0.3) is 5.57 Å². The van der Waals surface area contributed by atoms with Gasteiger partial charge in [0.25, 0.3) is 0 Å². The molecule has 103 valence electrons. The van der Waals surface area contributed by atoms with Crippen molar-refractivity contribution in [3.05, 3.63) is 41.6 Å². The molecule has 0 aromatic carbocycles. The first-order chi connectivity index (χ1) is 9.36. The summed E-state index contributed by atoms with van der Waals surface area (Å²) in [6.45, 7) is 4.59. The Morgan fingerprint density at radius 3 is 2.47 bits per heavy atom. The van der Waals surface area contributed by atoms with Gasteiger partial charge in [-0.3, -0.25) is 4.98 Å². The monoisotopic (exact) mass is 256 g/mol. The van der Waals surface area contributed by atoms with E-state index in [1.807, 2.05) is 12.4 Å². The summed E-state index contributed by atoms with van der Waals surface area (Å²) >= 11 is 0. The maximum atomic E-state index is 4.30. The Morgan fingerprint density at radius 1 is 1.11 bits per heavy atom. The van der Waals surface area contributed by atoms with Gasteiger partial charge in [0.15, 0.2) is 0 Å². The van der Waals surface area contributed by atoms with Crippen LogP contribution in [0.3, 0.4) is 0 Å². The van der Waals surface area contributed by atoms with Crippen molar-refractivity contribution in [1.29, 1.82) is 0 Å². The third-order valence-corrected chi connectivity index (χ3v) is 4.01. The zero-order valence-corrected chi connectivity index (χ0v) is 12.4. The van der Waals surface area contributed by atoms with Crippen LogP contribution in [0.1, 0.15) is 70.8 Å². The van der Waals surface area contributed by atoms with Gasteiger partial charge in [0.2, 0.25) is 0 Å². The minimum absolute atomic E-state index is 1.23. The molecule has 1 heterocycles. The summed E-state index contributed by atoms with van der Waals surface area (Å²) in [5.41, 5.74) is 4.60. The topological polar surface area (TPSA) is 12.9 Å². The van der Waals surface area contributed by atoms with Crippen molar-refractivity contribution in [1.82, 2.24) is 4.98 Å². The molecule has 0 spiro atoms. The molecule has 0 atom stereocenters. The third-order valence-electron chi connectivity index (χ3n) is 4.01. The summed E-state index contributed by atoms with van der Waals surface area (Å²) in [6, 6.07) is 4.29. The maximum Gasteiger partial charge on any atom is 0.0343 e. The van der Waals surface area contributed by atoms with E-state index in [1.165, 1.54) is 56.9 Å². The zero-order chi connectivity index (χ0) is 13.5. The molecule has 1 aliphatic rings.